The van der Waals surface area contributed by atoms with Crippen LogP contribution in [0.4, 0.5) is 0 Å². The molecule has 4 unspecified atom stereocenters. The molecule has 0 amide bonds. The molecule has 1 aromatic heterocycles. The maximum absolute atomic E-state index is 13.4. The van der Waals surface area contributed by atoms with E-state index in [9.17, 15) is 14.7 Å². The van der Waals surface area contributed by atoms with Gasteiger partial charge in [0, 0.05) is 23.4 Å². The zero-order chi connectivity index (χ0) is 19.5. The van der Waals surface area contributed by atoms with Gasteiger partial charge in [-0.1, -0.05) is 13.0 Å². The van der Waals surface area contributed by atoms with Crippen LogP contribution in [0.5, 0.6) is 5.75 Å². The number of aromatic hydroxyl groups is 1. The summed E-state index contributed by atoms with van der Waals surface area (Å²) in [5, 5.41) is 9.83. The lowest BCUT2D eigenvalue weighted by Crippen LogP contribution is -2.42. The lowest BCUT2D eigenvalue weighted by atomic mass is 9.55. The van der Waals surface area contributed by atoms with Crippen molar-refractivity contribution in [1.82, 2.24) is 4.98 Å². The average molecular weight is 375 g/mol. The van der Waals surface area contributed by atoms with Gasteiger partial charge in [-0.2, -0.15) is 0 Å². The van der Waals surface area contributed by atoms with E-state index in [0.29, 0.717) is 29.6 Å². The number of carbonyl (C=O) groups excluding carboxylic acids is 2. The molecule has 0 aliphatic heterocycles. The number of phenols is 1. The van der Waals surface area contributed by atoms with E-state index in [1.165, 1.54) is 11.1 Å². The van der Waals surface area contributed by atoms with Crippen molar-refractivity contribution in [3.63, 3.8) is 0 Å². The van der Waals surface area contributed by atoms with E-state index >= 15 is 0 Å². The fourth-order valence-corrected chi connectivity index (χ4v) is 6.32. The van der Waals surface area contributed by atoms with Crippen molar-refractivity contribution in [2.45, 2.75) is 44.9 Å². The highest BCUT2D eigenvalue weighted by Crippen LogP contribution is 2.61. The van der Waals surface area contributed by atoms with Gasteiger partial charge in [-0.25, -0.2) is 0 Å². The van der Waals surface area contributed by atoms with Crippen LogP contribution < -0.4 is 0 Å². The Morgan fingerprint density at radius 2 is 2.11 bits per heavy atom. The van der Waals surface area contributed by atoms with E-state index in [2.05, 4.69) is 18.0 Å². The summed E-state index contributed by atoms with van der Waals surface area (Å²) in [5.74, 6) is 1.00. The third kappa shape index (κ3) is 2.47. The smallest absolute Gasteiger partial charge is 0.174 e. The molecule has 2 fully saturated rings. The minimum Gasteiger partial charge on any atom is -0.508 e. The van der Waals surface area contributed by atoms with Gasteiger partial charge in [0.2, 0.25) is 0 Å². The van der Waals surface area contributed by atoms with Crippen LogP contribution in [-0.4, -0.2) is 21.7 Å². The van der Waals surface area contributed by atoms with Crippen LogP contribution in [0.2, 0.25) is 0 Å². The molecule has 3 aliphatic rings. The van der Waals surface area contributed by atoms with Gasteiger partial charge in [-0.15, -0.1) is 0 Å². The van der Waals surface area contributed by atoms with Crippen LogP contribution in [0.3, 0.4) is 0 Å². The van der Waals surface area contributed by atoms with Crippen LogP contribution in [0.15, 0.2) is 42.7 Å². The lowest BCUT2D eigenvalue weighted by molar-refractivity contribution is -0.131. The van der Waals surface area contributed by atoms with Crippen molar-refractivity contribution in [3.8, 4) is 5.75 Å². The van der Waals surface area contributed by atoms with Crippen LogP contribution in [0, 0.1) is 23.2 Å². The second-order valence-electron chi connectivity index (χ2n) is 9.01. The summed E-state index contributed by atoms with van der Waals surface area (Å²) in [5.41, 5.74) is 2.74. The Morgan fingerprint density at radius 1 is 1.25 bits per heavy atom. The minimum absolute atomic E-state index is 0.0635. The molecule has 0 saturated heterocycles. The van der Waals surface area contributed by atoms with Gasteiger partial charge in [0.25, 0.3) is 0 Å². The van der Waals surface area contributed by atoms with E-state index in [-0.39, 0.29) is 17.5 Å². The first-order valence-electron chi connectivity index (χ1n) is 10.3. The maximum atomic E-state index is 13.4. The predicted molar refractivity (Wildman–Crippen MR) is 105 cm³/mol. The van der Waals surface area contributed by atoms with Gasteiger partial charge >= 0.3 is 0 Å². The fourth-order valence-electron chi connectivity index (χ4n) is 6.32. The van der Waals surface area contributed by atoms with E-state index in [1.54, 1.807) is 30.6 Å². The van der Waals surface area contributed by atoms with E-state index in [4.69, 9.17) is 0 Å². The summed E-state index contributed by atoms with van der Waals surface area (Å²) in [4.78, 5) is 30.5. The molecule has 4 nitrogen and oxygen atoms in total. The summed E-state index contributed by atoms with van der Waals surface area (Å²) in [6, 6.07) is 9.26. The monoisotopic (exact) mass is 375 g/mol. The Balaban J connectivity index is 1.47. The molecule has 0 bridgehead atoms. The van der Waals surface area contributed by atoms with Gasteiger partial charge in [-0.3, -0.25) is 14.6 Å². The topological polar surface area (TPSA) is 67.3 Å². The summed E-state index contributed by atoms with van der Waals surface area (Å²) < 4.78 is 0. The van der Waals surface area contributed by atoms with Gasteiger partial charge in [0.05, 0.1) is 5.92 Å². The molecular formula is C24H25NO3. The number of benzene rings is 1. The normalized spacial score (nSPS) is 33.7. The summed E-state index contributed by atoms with van der Waals surface area (Å²) in [7, 11) is 0. The van der Waals surface area contributed by atoms with Gasteiger partial charge in [-0.05, 0) is 85.3 Å². The Labute approximate surface area is 165 Å². The second-order valence-corrected chi connectivity index (χ2v) is 9.01. The van der Waals surface area contributed by atoms with E-state index in [1.807, 2.05) is 6.07 Å². The second kappa shape index (κ2) is 6.26. The number of hydrogen-bond donors (Lipinski definition) is 1. The number of Topliss-reactive ketones (excluding diaryl/α,β-unsaturated/α-hetero) is 2. The first-order valence-corrected chi connectivity index (χ1v) is 10.3. The van der Waals surface area contributed by atoms with Crippen LogP contribution in [0.1, 0.15) is 60.0 Å². The van der Waals surface area contributed by atoms with E-state index < -0.39 is 11.3 Å². The standard InChI is InChI=1S/C24H25NO3/c1-24-9-8-18-17-7-5-16(26)11-14(17)4-6-19(18)21(24)12-20(23(24)28)22(27)15-3-2-10-25-13-15/h2-3,5,7,10-11,13,18-21,26H,4,6,8-9,12H2,1H3/t18?,19?,20?,21?,24-/m0/s1. The molecule has 5 atom stereocenters. The Hall–Kier alpha value is -2.49. The maximum Gasteiger partial charge on any atom is 0.174 e. The number of carbonyl (C=O) groups is 2. The van der Waals surface area contributed by atoms with Crippen LogP contribution in [-0.2, 0) is 11.2 Å². The highest BCUT2D eigenvalue weighted by atomic mass is 16.3. The van der Waals surface area contributed by atoms with Gasteiger partial charge in [0.15, 0.2) is 5.78 Å². The van der Waals surface area contributed by atoms with Crippen molar-refractivity contribution in [2.75, 3.05) is 0 Å². The fraction of sp³-hybridized carbons (Fsp3) is 0.458. The minimum atomic E-state index is -0.529. The highest BCUT2D eigenvalue weighted by Gasteiger charge is 2.59. The quantitative estimate of drug-likeness (QED) is 0.627. The predicted octanol–water partition coefficient (Wildman–Crippen LogP) is 4.32. The molecular weight excluding hydrogens is 350 g/mol. The van der Waals surface area contributed by atoms with Crippen LogP contribution >= 0.6 is 0 Å². The number of aromatic nitrogens is 1. The third-order valence-corrected chi connectivity index (χ3v) is 7.73. The highest BCUT2D eigenvalue weighted by molar-refractivity contribution is 6.13. The molecule has 1 heterocycles. The number of hydrogen-bond acceptors (Lipinski definition) is 4. The molecule has 2 saturated carbocycles. The van der Waals surface area contributed by atoms with Crippen molar-refractivity contribution in [3.05, 3.63) is 59.4 Å². The van der Waals surface area contributed by atoms with Crippen molar-refractivity contribution < 1.29 is 14.7 Å². The van der Waals surface area contributed by atoms with Crippen molar-refractivity contribution in [2.24, 2.45) is 23.2 Å². The van der Waals surface area contributed by atoms with Gasteiger partial charge < -0.3 is 5.11 Å². The van der Waals surface area contributed by atoms with Crippen molar-refractivity contribution >= 4 is 11.6 Å². The number of rotatable bonds is 2. The lowest BCUT2D eigenvalue weighted by Gasteiger charge is -2.48. The van der Waals surface area contributed by atoms with Crippen molar-refractivity contribution in [1.29, 1.82) is 0 Å². The number of ketones is 2. The molecule has 1 N–H and O–H groups in total. The Morgan fingerprint density at radius 3 is 2.89 bits per heavy atom. The molecule has 5 rings (SSSR count). The largest absolute Gasteiger partial charge is 0.508 e. The molecule has 0 spiro atoms. The summed E-state index contributed by atoms with van der Waals surface area (Å²) in [6.07, 6.45) is 7.68. The number of phenolic OH excluding ortho intramolecular Hbond substituents is 1. The molecule has 144 valence electrons. The molecule has 4 heteroatoms. The number of pyridine rings is 1. The third-order valence-electron chi connectivity index (χ3n) is 7.73. The zero-order valence-electron chi connectivity index (χ0n) is 16.1. The summed E-state index contributed by atoms with van der Waals surface area (Å²) >= 11 is 0. The Bertz CT molecular complexity index is 954. The first kappa shape index (κ1) is 17.6. The van der Waals surface area contributed by atoms with Crippen LogP contribution in [0.25, 0.3) is 0 Å². The first-order chi connectivity index (χ1) is 13.5. The molecule has 1 aromatic carbocycles. The molecule has 28 heavy (non-hydrogen) atoms. The molecule has 0 radical (unpaired) electrons. The molecule has 3 aliphatic carbocycles. The SMILES string of the molecule is C[C@]12CCC3c4ccc(O)cc4CCC3C1CC(C(=O)c1cccnc1)C2=O. The van der Waals surface area contributed by atoms with E-state index in [0.717, 1.165) is 25.7 Å². The Kier molecular flexibility index (Phi) is 3.94. The zero-order valence-corrected chi connectivity index (χ0v) is 16.1. The number of nitrogens with zero attached hydrogens (tertiary/aromatic N) is 1. The average Bonchev–Trinajstić information content (AvgIpc) is 2.99. The summed E-state index contributed by atoms with van der Waals surface area (Å²) in [6.45, 7) is 2.10. The number of fused-ring (bicyclic) bond motifs is 5. The van der Waals surface area contributed by atoms with Gasteiger partial charge in [0.1, 0.15) is 11.5 Å². The number of aryl methyl sites for hydroxylation is 1. The molecule has 2 aromatic rings.